The molecule has 2 atom stereocenters. The highest BCUT2D eigenvalue weighted by Gasteiger charge is 2.40. The van der Waals surface area contributed by atoms with Crippen LogP contribution in [0.3, 0.4) is 0 Å². The van der Waals surface area contributed by atoms with E-state index in [1.165, 1.54) is 0 Å². The van der Waals surface area contributed by atoms with Crippen LogP contribution in [0.4, 0.5) is 0 Å². The first-order chi connectivity index (χ1) is 12.6. The number of aliphatic carboxylic acids is 1. The minimum atomic E-state index is -0.762. The molecule has 26 heavy (non-hydrogen) atoms. The highest BCUT2D eigenvalue weighted by molar-refractivity contribution is 6.07. The molecule has 0 aromatic heterocycles. The van der Waals surface area contributed by atoms with Crippen LogP contribution in [0.2, 0.25) is 0 Å². The number of rotatable bonds is 3. The van der Waals surface area contributed by atoms with Gasteiger partial charge in [-0.05, 0) is 42.0 Å². The van der Waals surface area contributed by atoms with Gasteiger partial charge < -0.3 is 14.7 Å². The molecule has 2 fully saturated rings. The molecule has 2 aromatic rings. The molecule has 1 N–H and O–H groups in total. The Bertz CT molecular complexity index is 820. The number of likely N-dealkylation sites (tertiary alicyclic amines) is 1. The molecule has 4 rings (SSSR count). The van der Waals surface area contributed by atoms with E-state index in [2.05, 4.69) is 0 Å². The lowest BCUT2D eigenvalue weighted by atomic mass is 9.84. The summed E-state index contributed by atoms with van der Waals surface area (Å²) in [6.07, 6.45) is 1.98. The first-order valence-corrected chi connectivity index (χ1v) is 9.26. The van der Waals surface area contributed by atoms with Gasteiger partial charge in [0, 0.05) is 25.3 Å². The first kappa shape index (κ1) is 17.0. The molecule has 2 aromatic carbocycles. The number of benzene rings is 2. The second kappa shape index (κ2) is 7.08. The average Bonchev–Trinajstić information content (AvgIpc) is 3.17. The van der Waals surface area contributed by atoms with Crippen molar-refractivity contribution in [3.8, 4) is 0 Å². The zero-order valence-electron chi connectivity index (χ0n) is 14.6. The van der Waals surface area contributed by atoms with Gasteiger partial charge in [0.25, 0.3) is 5.91 Å². The quantitative estimate of drug-likeness (QED) is 0.920. The van der Waals surface area contributed by atoms with Gasteiger partial charge in [-0.3, -0.25) is 9.59 Å². The van der Waals surface area contributed by atoms with Crippen molar-refractivity contribution >= 4 is 22.6 Å². The minimum absolute atomic E-state index is 0.0578. The van der Waals surface area contributed by atoms with Gasteiger partial charge >= 0.3 is 5.97 Å². The topological polar surface area (TPSA) is 66.8 Å². The van der Waals surface area contributed by atoms with Crippen molar-refractivity contribution in [2.45, 2.75) is 25.4 Å². The molecule has 1 unspecified atom stereocenters. The normalized spacial score (nSPS) is 24.1. The molecule has 2 heterocycles. The smallest absolute Gasteiger partial charge is 0.309 e. The zero-order valence-corrected chi connectivity index (χ0v) is 14.6. The van der Waals surface area contributed by atoms with Crippen molar-refractivity contribution in [2.75, 3.05) is 19.7 Å². The fourth-order valence-corrected chi connectivity index (χ4v) is 4.35. The Morgan fingerprint density at radius 2 is 1.73 bits per heavy atom. The zero-order chi connectivity index (χ0) is 18.1. The number of fused-ring (bicyclic) bond motifs is 1. The van der Waals surface area contributed by atoms with E-state index in [1.807, 2.05) is 47.4 Å². The molecule has 136 valence electrons. The molecule has 2 saturated heterocycles. The number of piperidine rings is 1. The second-order valence-corrected chi connectivity index (χ2v) is 7.23. The third-order valence-corrected chi connectivity index (χ3v) is 5.76. The molecule has 2 aliphatic rings. The van der Waals surface area contributed by atoms with Crippen molar-refractivity contribution in [2.24, 2.45) is 11.8 Å². The summed E-state index contributed by atoms with van der Waals surface area (Å²) in [7, 11) is 0. The van der Waals surface area contributed by atoms with Crippen LogP contribution in [0.25, 0.3) is 10.8 Å². The summed E-state index contributed by atoms with van der Waals surface area (Å²) < 4.78 is 5.72. The molecule has 5 heteroatoms. The first-order valence-electron chi connectivity index (χ1n) is 9.26. The van der Waals surface area contributed by atoms with E-state index in [-0.39, 0.29) is 17.9 Å². The van der Waals surface area contributed by atoms with Gasteiger partial charge in [-0.15, -0.1) is 0 Å². The summed E-state index contributed by atoms with van der Waals surface area (Å²) in [6, 6.07) is 13.8. The number of ether oxygens (including phenoxy) is 1. The lowest BCUT2D eigenvalue weighted by molar-refractivity contribution is -0.145. The van der Waals surface area contributed by atoms with Crippen molar-refractivity contribution in [3.05, 3.63) is 48.0 Å². The molecule has 0 radical (unpaired) electrons. The van der Waals surface area contributed by atoms with Crippen LogP contribution in [-0.2, 0) is 9.53 Å². The number of carbonyl (C=O) groups is 2. The Morgan fingerprint density at radius 1 is 1.00 bits per heavy atom. The number of hydrogen-bond acceptors (Lipinski definition) is 3. The van der Waals surface area contributed by atoms with Gasteiger partial charge in [0.1, 0.15) is 0 Å². The molecule has 0 aliphatic carbocycles. The van der Waals surface area contributed by atoms with Gasteiger partial charge in [0.15, 0.2) is 0 Å². The van der Waals surface area contributed by atoms with E-state index in [0.29, 0.717) is 26.1 Å². The van der Waals surface area contributed by atoms with Crippen LogP contribution in [-0.4, -0.2) is 47.7 Å². The van der Waals surface area contributed by atoms with Gasteiger partial charge in [0.2, 0.25) is 0 Å². The fourth-order valence-electron chi connectivity index (χ4n) is 4.35. The van der Waals surface area contributed by atoms with Gasteiger partial charge in [-0.25, -0.2) is 0 Å². The Morgan fingerprint density at radius 3 is 2.50 bits per heavy atom. The Balaban J connectivity index is 1.46. The molecule has 0 spiro atoms. The third-order valence-electron chi connectivity index (χ3n) is 5.76. The number of carboxylic acid groups (broad SMARTS) is 1. The van der Waals surface area contributed by atoms with Crippen LogP contribution in [0.15, 0.2) is 42.5 Å². The summed E-state index contributed by atoms with van der Waals surface area (Å²) in [6.45, 7) is 1.83. The third kappa shape index (κ3) is 3.07. The maximum Gasteiger partial charge on any atom is 0.309 e. The summed E-state index contributed by atoms with van der Waals surface area (Å²) in [5.74, 6) is -0.889. The van der Waals surface area contributed by atoms with E-state index in [0.717, 1.165) is 29.2 Å². The van der Waals surface area contributed by atoms with E-state index >= 15 is 0 Å². The maximum atomic E-state index is 13.0. The summed E-state index contributed by atoms with van der Waals surface area (Å²) >= 11 is 0. The van der Waals surface area contributed by atoms with Crippen molar-refractivity contribution in [1.29, 1.82) is 0 Å². The predicted molar refractivity (Wildman–Crippen MR) is 98.1 cm³/mol. The largest absolute Gasteiger partial charge is 0.481 e. The number of hydrogen-bond donors (Lipinski definition) is 1. The number of carboxylic acids is 1. The summed E-state index contributed by atoms with van der Waals surface area (Å²) in [4.78, 5) is 26.3. The van der Waals surface area contributed by atoms with Gasteiger partial charge in [-0.2, -0.15) is 0 Å². The van der Waals surface area contributed by atoms with Crippen LogP contribution in [0.5, 0.6) is 0 Å². The molecule has 2 aliphatic heterocycles. The fraction of sp³-hybridized carbons (Fsp3) is 0.429. The van der Waals surface area contributed by atoms with Crippen LogP contribution >= 0.6 is 0 Å². The second-order valence-electron chi connectivity index (χ2n) is 7.23. The van der Waals surface area contributed by atoms with Crippen molar-refractivity contribution in [3.63, 3.8) is 0 Å². The number of carbonyl (C=O) groups excluding carboxylic acids is 1. The van der Waals surface area contributed by atoms with E-state index < -0.39 is 11.9 Å². The van der Waals surface area contributed by atoms with Crippen molar-refractivity contribution < 1.29 is 19.4 Å². The Kier molecular flexibility index (Phi) is 4.64. The Hall–Kier alpha value is -2.40. The predicted octanol–water partition coefficient (Wildman–Crippen LogP) is 3.18. The van der Waals surface area contributed by atoms with Crippen LogP contribution < -0.4 is 0 Å². The molecular formula is C21H23NO4. The Labute approximate surface area is 152 Å². The highest BCUT2D eigenvalue weighted by atomic mass is 16.5. The van der Waals surface area contributed by atoms with E-state index in [1.54, 1.807) is 0 Å². The molecule has 5 nitrogen and oxygen atoms in total. The lowest BCUT2D eigenvalue weighted by Crippen LogP contribution is -2.43. The maximum absolute atomic E-state index is 13.0. The monoisotopic (exact) mass is 353 g/mol. The lowest BCUT2D eigenvalue weighted by Gasteiger charge is -2.35. The molecule has 1 amide bonds. The van der Waals surface area contributed by atoms with E-state index in [4.69, 9.17) is 4.74 Å². The number of amides is 1. The molecular weight excluding hydrogens is 330 g/mol. The summed E-state index contributed by atoms with van der Waals surface area (Å²) in [5, 5.41) is 11.4. The van der Waals surface area contributed by atoms with Gasteiger partial charge in [0.05, 0.1) is 12.0 Å². The SMILES string of the molecule is O=C(O)C1CCO[C@H]1C1CCN(C(=O)c2cccc3ccccc23)CC1. The minimum Gasteiger partial charge on any atom is -0.481 e. The van der Waals surface area contributed by atoms with E-state index in [9.17, 15) is 14.7 Å². The van der Waals surface area contributed by atoms with Crippen molar-refractivity contribution in [1.82, 2.24) is 4.90 Å². The summed E-state index contributed by atoms with van der Waals surface area (Å²) in [5.41, 5.74) is 0.738. The van der Waals surface area contributed by atoms with Crippen LogP contribution in [0, 0.1) is 11.8 Å². The molecule has 0 saturated carbocycles. The molecule has 0 bridgehead atoms. The van der Waals surface area contributed by atoms with Crippen LogP contribution in [0.1, 0.15) is 29.6 Å². The highest BCUT2D eigenvalue weighted by Crippen LogP contribution is 2.34. The number of nitrogens with zero attached hydrogens (tertiary/aromatic N) is 1. The standard InChI is InChI=1S/C21H23NO4/c23-20(17-7-3-5-14-4-1-2-6-16(14)17)22-11-8-15(9-12-22)19-18(21(24)25)10-13-26-19/h1-7,15,18-19H,8-13H2,(H,24,25)/t18?,19-/m0/s1. The van der Waals surface area contributed by atoms with Gasteiger partial charge in [-0.1, -0.05) is 36.4 Å². The average molecular weight is 353 g/mol.